The number of nitrogens with one attached hydrogen (secondary N) is 1. The van der Waals surface area contributed by atoms with Gasteiger partial charge in [0.1, 0.15) is 0 Å². The van der Waals surface area contributed by atoms with E-state index in [1.165, 1.54) is 11.8 Å². The van der Waals surface area contributed by atoms with Gasteiger partial charge < -0.3 is 5.32 Å². The predicted octanol–water partition coefficient (Wildman–Crippen LogP) is 2.83. The molecule has 0 saturated carbocycles. The van der Waals surface area contributed by atoms with Crippen LogP contribution in [0.1, 0.15) is 34.2 Å². The van der Waals surface area contributed by atoms with Crippen molar-refractivity contribution in [2.45, 2.75) is 38.9 Å². The summed E-state index contributed by atoms with van der Waals surface area (Å²) < 4.78 is 0. The third-order valence-electron chi connectivity index (χ3n) is 2.83. The monoisotopic (exact) mass is 322 g/mol. The molecule has 2 heterocycles. The third kappa shape index (κ3) is 4.50. The van der Waals surface area contributed by atoms with Crippen molar-refractivity contribution < 1.29 is 4.79 Å². The average molecular weight is 322 g/mol. The Kier molecular flexibility index (Phi) is 5.30. The van der Waals surface area contributed by atoms with Gasteiger partial charge in [0.25, 0.3) is 0 Å². The van der Waals surface area contributed by atoms with Gasteiger partial charge in [0.2, 0.25) is 5.91 Å². The average Bonchev–Trinajstić information content (AvgIpc) is 2.75. The van der Waals surface area contributed by atoms with E-state index in [4.69, 9.17) is 0 Å². The molecule has 2 rings (SSSR count). The summed E-state index contributed by atoms with van der Waals surface area (Å²) in [6.45, 7) is 7.85. The Morgan fingerprint density at radius 2 is 2.14 bits per heavy atom. The Morgan fingerprint density at radius 3 is 2.76 bits per heavy atom. The van der Waals surface area contributed by atoms with Crippen LogP contribution in [0.4, 0.5) is 0 Å². The second kappa shape index (κ2) is 7.00. The molecule has 21 heavy (non-hydrogen) atoms. The molecule has 5 nitrogen and oxygen atoms in total. The smallest absolute Gasteiger partial charge is 0.231 e. The van der Waals surface area contributed by atoms with Gasteiger partial charge in [-0.2, -0.15) is 0 Å². The van der Waals surface area contributed by atoms with E-state index < -0.39 is 0 Å². The van der Waals surface area contributed by atoms with Crippen LogP contribution in [0, 0.1) is 20.8 Å². The molecule has 0 bridgehead atoms. The van der Waals surface area contributed by atoms with Gasteiger partial charge in [-0.1, -0.05) is 11.8 Å². The number of aryl methyl sites for hydroxylation is 3. The maximum atomic E-state index is 12.0. The van der Waals surface area contributed by atoms with Crippen molar-refractivity contribution in [2.24, 2.45) is 0 Å². The molecule has 112 valence electrons. The maximum Gasteiger partial charge on any atom is 0.231 e. The van der Waals surface area contributed by atoms with Crippen LogP contribution in [0.3, 0.4) is 0 Å². The number of amides is 1. The van der Waals surface area contributed by atoms with Crippen LogP contribution in [0.15, 0.2) is 17.4 Å². The quantitative estimate of drug-likeness (QED) is 0.677. The van der Waals surface area contributed by atoms with Gasteiger partial charge >= 0.3 is 0 Å². The molecule has 0 aliphatic rings. The molecule has 2 aromatic heterocycles. The van der Waals surface area contributed by atoms with Crippen LogP contribution in [-0.2, 0) is 4.79 Å². The molecule has 1 atom stereocenters. The van der Waals surface area contributed by atoms with E-state index in [1.54, 1.807) is 17.5 Å². The summed E-state index contributed by atoms with van der Waals surface area (Å²) in [5.41, 5.74) is 1.84. The molecule has 7 heteroatoms. The van der Waals surface area contributed by atoms with E-state index in [2.05, 4.69) is 20.3 Å². The highest BCUT2D eigenvalue weighted by atomic mass is 32.2. The number of hydrogen-bond acceptors (Lipinski definition) is 6. The molecule has 1 amide bonds. The third-order valence-corrected chi connectivity index (χ3v) is 4.60. The van der Waals surface area contributed by atoms with Crippen LogP contribution < -0.4 is 5.32 Å². The lowest BCUT2D eigenvalue weighted by Gasteiger charge is -2.12. The SMILES string of the molecule is Cc1ccnc(SCC(=O)NC(C)c2nc(C)sc2C)n1. The van der Waals surface area contributed by atoms with E-state index in [1.807, 2.05) is 33.8 Å². The molecule has 0 radical (unpaired) electrons. The lowest BCUT2D eigenvalue weighted by Crippen LogP contribution is -2.28. The van der Waals surface area contributed by atoms with Crippen LogP contribution in [0.2, 0.25) is 0 Å². The number of aromatic nitrogens is 3. The molecular formula is C14H18N4OS2. The van der Waals surface area contributed by atoms with Gasteiger partial charge in [0.15, 0.2) is 5.16 Å². The van der Waals surface area contributed by atoms with Gasteiger partial charge in [-0.25, -0.2) is 15.0 Å². The minimum absolute atomic E-state index is 0.0392. The zero-order chi connectivity index (χ0) is 15.4. The van der Waals surface area contributed by atoms with Crippen molar-refractivity contribution in [2.75, 3.05) is 5.75 Å². The van der Waals surface area contributed by atoms with Crippen molar-refractivity contribution in [3.8, 4) is 0 Å². The molecule has 0 aliphatic heterocycles. The summed E-state index contributed by atoms with van der Waals surface area (Å²) in [6.07, 6.45) is 1.70. The highest BCUT2D eigenvalue weighted by Crippen LogP contribution is 2.22. The summed E-state index contributed by atoms with van der Waals surface area (Å²) >= 11 is 2.99. The number of thioether (sulfide) groups is 1. The van der Waals surface area contributed by atoms with E-state index >= 15 is 0 Å². The highest BCUT2D eigenvalue weighted by Gasteiger charge is 2.15. The van der Waals surface area contributed by atoms with Crippen molar-refractivity contribution in [1.29, 1.82) is 0 Å². The van der Waals surface area contributed by atoms with Gasteiger partial charge in [-0.15, -0.1) is 11.3 Å². The van der Waals surface area contributed by atoms with Crippen molar-refractivity contribution >= 4 is 29.0 Å². The molecule has 0 aromatic carbocycles. The van der Waals surface area contributed by atoms with Gasteiger partial charge in [0, 0.05) is 16.8 Å². The Hall–Kier alpha value is -1.47. The molecule has 0 spiro atoms. The van der Waals surface area contributed by atoms with Crippen molar-refractivity contribution in [1.82, 2.24) is 20.3 Å². The van der Waals surface area contributed by atoms with E-state index in [0.717, 1.165) is 21.3 Å². The van der Waals surface area contributed by atoms with Crippen molar-refractivity contribution in [3.05, 3.63) is 33.5 Å². The van der Waals surface area contributed by atoms with E-state index in [0.29, 0.717) is 10.9 Å². The fourth-order valence-electron chi connectivity index (χ4n) is 1.92. The maximum absolute atomic E-state index is 12.0. The molecule has 1 N–H and O–H groups in total. The number of rotatable bonds is 5. The zero-order valence-electron chi connectivity index (χ0n) is 12.5. The Balaban J connectivity index is 1.88. The molecule has 0 aliphatic carbocycles. The Morgan fingerprint density at radius 1 is 1.38 bits per heavy atom. The topological polar surface area (TPSA) is 67.8 Å². The van der Waals surface area contributed by atoms with E-state index in [-0.39, 0.29) is 11.9 Å². The lowest BCUT2D eigenvalue weighted by atomic mass is 10.2. The summed E-state index contributed by atoms with van der Waals surface area (Å²) in [7, 11) is 0. The second-order valence-corrected chi connectivity index (χ2v) is 7.08. The first kappa shape index (κ1) is 15.9. The summed E-state index contributed by atoms with van der Waals surface area (Å²) in [6, 6.07) is 1.75. The Labute approximate surface area is 132 Å². The van der Waals surface area contributed by atoms with Crippen molar-refractivity contribution in [3.63, 3.8) is 0 Å². The van der Waals surface area contributed by atoms with Gasteiger partial charge in [0.05, 0.1) is 22.5 Å². The highest BCUT2D eigenvalue weighted by molar-refractivity contribution is 7.99. The molecule has 2 aromatic rings. The van der Waals surface area contributed by atoms with Crippen LogP contribution in [0.5, 0.6) is 0 Å². The minimum atomic E-state index is -0.0820. The van der Waals surface area contributed by atoms with Gasteiger partial charge in [-0.05, 0) is 33.8 Å². The minimum Gasteiger partial charge on any atom is -0.347 e. The number of thiazole rings is 1. The van der Waals surface area contributed by atoms with Crippen LogP contribution in [0.25, 0.3) is 0 Å². The zero-order valence-corrected chi connectivity index (χ0v) is 14.1. The first-order chi connectivity index (χ1) is 9.95. The Bertz CT molecular complexity index is 642. The first-order valence-corrected chi connectivity index (χ1v) is 8.41. The number of carbonyl (C=O) groups excluding carboxylic acids is 1. The fraction of sp³-hybridized carbons (Fsp3) is 0.429. The largest absolute Gasteiger partial charge is 0.347 e. The van der Waals surface area contributed by atoms with Gasteiger partial charge in [-0.3, -0.25) is 4.79 Å². The first-order valence-electron chi connectivity index (χ1n) is 6.61. The number of hydrogen-bond donors (Lipinski definition) is 1. The molecule has 0 saturated heterocycles. The van der Waals surface area contributed by atoms with Crippen LogP contribution in [-0.4, -0.2) is 26.6 Å². The standard InChI is InChI=1S/C14H18N4OS2/c1-8-5-6-15-14(16-8)20-7-12(19)17-9(2)13-10(3)21-11(4)18-13/h5-6,9H,7H2,1-4H3,(H,17,19). The number of nitrogens with zero attached hydrogens (tertiary/aromatic N) is 3. The normalized spacial score (nSPS) is 12.2. The molecule has 0 fully saturated rings. The summed E-state index contributed by atoms with van der Waals surface area (Å²) in [4.78, 5) is 26.0. The fourth-order valence-corrected chi connectivity index (χ4v) is 3.53. The van der Waals surface area contributed by atoms with E-state index in [9.17, 15) is 4.79 Å². The van der Waals surface area contributed by atoms with Crippen LogP contribution >= 0.6 is 23.1 Å². The predicted molar refractivity (Wildman–Crippen MR) is 85.6 cm³/mol. The molecular weight excluding hydrogens is 304 g/mol. The summed E-state index contributed by atoms with van der Waals surface area (Å²) in [5, 5.41) is 4.61. The number of carbonyl (C=O) groups is 1. The molecule has 1 unspecified atom stereocenters. The summed E-state index contributed by atoms with van der Waals surface area (Å²) in [5.74, 6) is 0.262. The lowest BCUT2D eigenvalue weighted by molar-refractivity contribution is -0.119. The second-order valence-electron chi connectivity index (χ2n) is 4.73.